The summed E-state index contributed by atoms with van der Waals surface area (Å²) in [6.45, 7) is 2.66. The zero-order valence-electron chi connectivity index (χ0n) is 8.06. The molecule has 0 saturated heterocycles. The monoisotopic (exact) mass is 219 g/mol. The Morgan fingerprint density at radius 1 is 1.69 bits per heavy atom. The van der Waals surface area contributed by atoms with Crippen LogP contribution in [-0.4, -0.2) is 20.8 Å². The molecule has 1 aromatic rings. The Labute approximate surface area is 87.9 Å². The van der Waals surface area contributed by atoms with Gasteiger partial charge in [0, 0.05) is 12.0 Å². The van der Waals surface area contributed by atoms with E-state index in [1.165, 1.54) is 0 Å². The fraction of sp³-hybridized carbons (Fsp3) is 0.556. The molecule has 74 valence electrons. The minimum Gasteiger partial charge on any atom is -0.383 e. The number of methoxy groups -OCH3 is 1. The minimum atomic E-state index is 0.205. The molecular formula is C9H14ClNOS. The second-order valence-corrected chi connectivity index (χ2v) is 4.18. The molecule has 0 fully saturated rings. The van der Waals surface area contributed by atoms with Gasteiger partial charge in [0.15, 0.2) is 0 Å². The second-order valence-electron chi connectivity index (χ2n) is 2.89. The number of halogens is 1. The molecule has 0 radical (unpaired) electrons. The normalized spacial score (nSPS) is 13.2. The summed E-state index contributed by atoms with van der Waals surface area (Å²) in [4.78, 5) is 1.16. The lowest BCUT2D eigenvalue weighted by Crippen LogP contribution is -2.20. The predicted molar refractivity (Wildman–Crippen MR) is 57.7 cm³/mol. The average molecular weight is 220 g/mol. The van der Waals surface area contributed by atoms with Gasteiger partial charge in [-0.1, -0.05) is 11.6 Å². The van der Waals surface area contributed by atoms with Crippen LogP contribution in [0.15, 0.2) is 5.38 Å². The lowest BCUT2D eigenvalue weighted by molar-refractivity contribution is 0.171. The van der Waals surface area contributed by atoms with Gasteiger partial charge < -0.3 is 10.1 Å². The molecule has 1 aromatic heterocycles. The van der Waals surface area contributed by atoms with Crippen molar-refractivity contribution in [3.8, 4) is 0 Å². The highest BCUT2D eigenvalue weighted by Crippen LogP contribution is 2.32. The number of thiophene rings is 1. The van der Waals surface area contributed by atoms with Crippen LogP contribution in [-0.2, 0) is 4.74 Å². The summed E-state index contributed by atoms with van der Waals surface area (Å²) < 4.78 is 5.10. The van der Waals surface area contributed by atoms with E-state index >= 15 is 0 Å². The molecule has 0 spiro atoms. The van der Waals surface area contributed by atoms with Gasteiger partial charge >= 0.3 is 0 Å². The molecule has 1 unspecified atom stereocenters. The Balaban J connectivity index is 2.84. The molecule has 1 atom stereocenters. The fourth-order valence-electron chi connectivity index (χ4n) is 1.14. The van der Waals surface area contributed by atoms with E-state index in [9.17, 15) is 0 Å². The number of rotatable bonds is 4. The molecule has 13 heavy (non-hydrogen) atoms. The van der Waals surface area contributed by atoms with Gasteiger partial charge in [-0.3, -0.25) is 0 Å². The highest BCUT2D eigenvalue weighted by Gasteiger charge is 2.15. The Kier molecular flexibility index (Phi) is 4.19. The van der Waals surface area contributed by atoms with Crippen LogP contribution < -0.4 is 5.32 Å². The van der Waals surface area contributed by atoms with Crippen LogP contribution in [0, 0.1) is 6.92 Å². The van der Waals surface area contributed by atoms with Crippen LogP contribution in [0.4, 0.5) is 0 Å². The maximum atomic E-state index is 6.13. The third kappa shape index (κ3) is 2.44. The smallest absolute Gasteiger partial charge is 0.0666 e. The van der Waals surface area contributed by atoms with Crippen LogP contribution in [0.5, 0.6) is 0 Å². The van der Waals surface area contributed by atoms with Gasteiger partial charge in [0.1, 0.15) is 0 Å². The molecule has 4 heteroatoms. The molecule has 0 amide bonds. The van der Waals surface area contributed by atoms with Crippen molar-refractivity contribution in [2.45, 2.75) is 13.0 Å². The first-order valence-electron chi connectivity index (χ1n) is 4.10. The Hall–Kier alpha value is -0.0900. The molecule has 0 aliphatic carbocycles. The summed E-state index contributed by atoms with van der Waals surface area (Å²) in [6, 6.07) is 0.205. The van der Waals surface area contributed by atoms with Gasteiger partial charge in [-0.15, -0.1) is 11.3 Å². The molecule has 0 bridgehead atoms. The summed E-state index contributed by atoms with van der Waals surface area (Å²) in [5.74, 6) is 0. The van der Waals surface area contributed by atoms with Gasteiger partial charge in [-0.2, -0.15) is 0 Å². The van der Waals surface area contributed by atoms with Crippen LogP contribution in [0.2, 0.25) is 5.02 Å². The van der Waals surface area contributed by atoms with E-state index < -0.39 is 0 Å². The van der Waals surface area contributed by atoms with Gasteiger partial charge in [0.25, 0.3) is 0 Å². The quantitative estimate of drug-likeness (QED) is 0.841. The number of hydrogen-bond donors (Lipinski definition) is 1. The van der Waals surface area contributed by atoms with Gasteiger partial charge in [-0.25, -0.2) is 0 Å². The third-order valence-electron chi connectivity index (χ3n) is 1.92. The first-order chi connectivity index (χ1) is 6.20. The molecule has 1 N–H and O–H groups in total. The fourth-order valence-corrected chi connectivity index (χ4v) is 2.56. The lowest BCUT2D eigenvalue weighted by atomic mass is 10.2. The number of aryl methyl sites for hydroxylation is 1. The van der Waals surface area contributed by atoms with E-state index in [4.69, 9.17) is 16.3 Å². The van der Waals surface area contributed by atoms with Crippen molar-refractivity contribution < 1.29 is 4.74 Å². The summed E-state index contributed by atoms with van der Waals surface area (Å²) >= 11 is 7.81. The number of nitrogens with one attached hydrogen (secondary N) is 1. The first kappa shape index (κ1) is 11.0. The summed E-state index contributed by atoms with van der Waals surface area (Å²) in [6.07, 6.45) is 0. The average Bonchev–Trinajstić information content (AvgIpc) is 2.45. The van der Waals surface area contributed by atoms with E-state index in [0.717, 1.165) is 15.5 Å². The third-order valence-corrected chi connectivity index (χ3v) is 3.75. The van der Waals surface area contributed by atoms with Crippen molar-refractivity contribution in [1.29, 1.82) is 0 Å². The number of hydrogen-bond acceptors (Lipinski definition) is 3. The van der Waals surface area contributed by atoms with E-state index in [1.807, 2.05) is 14.0 Å². The molecule has 2 nitrogen and oxygen atoms in total. The van der Waals surface area contributed by atoms with Crippen molar-refractivity contribution in [2.24, 2.45) is 0 Å². The van der Waals surface area contributed by atoms with Crippen molar-refractivity contribution in [3.05, 3.63) is 20.8 Å². The lowest BCUT2D eigenvalue weighted by Gasteiger charge is -2.13. The van der Waals surface area contributed by atoms with E-state index in [-0.39, 0.29) is 6.04 Å². The number of likely N-dealkylation sites (N-methyl/N-ethyl adjacent to an activating group) is 1. The maximum Gasteiger partial charge on any atom is 0.0666 e. The van der Waals surface area contributed by atoms with Crippen molar-refractivity contribution in [2.75, 3.05) is 20.8 Å². The van der Waals surface area contributed by atoms with Crippen LogP contribution >= 0.6 is 22.9 Å². The number of ether oxygens (including phenoxy) is 1. The molecule has 0 aromatic carbocycles. The van der Waals surface area contributed by atoms with Crippen molar-refractivity contribution in [1.82, 2.24) is 5.32 Å². The van der Waals surface area contributed by atoms with Gasteiger partial charge in [0.2, 0.25) is 0 Å². The first-order valence-corrected chi connectivity index (χ1v) is 5.36. The molecule has 0 saturated carbocycles. The minimum absolute atomic E-state index is 0.205. The zero-order chi connectivity index (χ0) is 9.84. The van der Waals surface area contributed by atoms with E-state index in [1.54, 1.807) is 18.4 Å². The van der Waals surface area contributed by atoms with Gasteiger partial charge in [-0.05, 0) is 24.9 Å². The standard InChI is InChI=1S/C9H14ClNOS/c1-6-5-13-9(8(6)10)7(11-2)4-12-3/h5,7,11H,4H2,1-3H3. The van der Waals surface area contributed by atoms with Crippen molar-refractivity contribution in [3.63, 3.8) is 0 Å². The predicted octanol–water partition coefficient (Wildman–Crippen LogP) is 2.62. The SMILES string of the molecule is CNC(COC)c1scc(C)c1Cl. The van der Waals surface area contributed by atoms with E-state index in [2.05, 4.69) is 10.7 Å². The molecular weight excluding hydrogens is 206 g/mol. The summed E-state index contributed by atoms with van der Waals surface area (Å²) in [5.41, 5.74) is 1.14. The Morgan fingerprint density at radius 3 is 2.77 bits per heavy atom. The van der Waals surface area contributed by atoms with Crippen LogP contribution in [0.1, 0.15) is 16.5 Å². The second kappa shape index (κ2) is 4.96. The Morgan fingerprint density at radius 2 is 2.38 bits per heavy atom. The molecule has 1 rings (SSSR count). The Bertz CT molecular complexity index is 275. The maximum absolute atomic E-state index is 6.13. The highest BCUT2D eigenvalue weighted by molar-refractivity contribution is 7.10. The molecule has 0 aliphatic heterocycles. The highest BCUT2D eigenvalue weighted by atomic mass is 35.5. The van der Waals surface area contributed by atoms with E-state index in [0.29, 0.717) is 6.61 Å². The van der Waals surface area contributed by atoms with Crippen molar-refractivity contribution >= 4 is 22.9 Å². The largest absolute Gasteiger partial charge is 0.383 e. The molecule has 1 heterocycles. The topological polar surface area (TPSA) is 21.3 Å². The van der Waals surface area contributed by atoms with Gasteiger partial charge in [0.05, 0.1) is 17.7 Å². The van der Waals surface area contributed by atoms with Crippen LogP contribution in [0.25, 0.3) is 0 Å². The summed E-state index contributed by atoms with van der Waals surface area (Å²) in [7, 11) is 3.60. The molecule has 0 aliphatic rings. The summed E-state index contributed by atoms with van der Waals surface area (Å²) in [5, 5.41) is 6.10. The zero-order valence-corrected chi connectivity index (χ0v) is 9.63. The van der Waals surface area contributed by atoms with Crippen LogP contribution in [0.3, 0.4) is 0 Å².